The fourth-order valence-corrected chi connectivity index (χ4v) is 6.01. The van der Waals surface area contributed by atoms with Crippen LogP contribution in [-0.4, -0.2) is 73.7 Å². The lowest BCUT2D eigenvalue weighted by atomic mass is 9.77. The lowest BCUT2D eigenvalue weighted by molar-refractivity contribution is -0.120. The number of carboxylic acid groups (broad SMARTS) is 1. The summed E-state index contributed by atoms with van der Waals surface area (Å²) >= 11 is 0. The molecule has 0 saturated heterocycles. The van der Waals surface area contributed by atoms with E-state index in [0.29, 0.717) is 12.2 Å². The maximum absolute atomic E-state index is 14.6. The third kappa shape index (κ3) is 11.3. The first-order valence-corrected chi connectivity index (χ1v) is 18.2. The molecule has 56 heavy (non-hydrogen) atoms. The molecular weight excluding hydrogens is 716 g/mol. The smallest absolute Gasteiger partial charge is 0.437 e. The lowest BCUT2D eigenvalue weighted by Crippen LogP contribution is -2.55. The van der Waals surface area contributed by atoms with E-state index in [9.17, 15) is 19.2 Å². The molecule has 0 bridgehead atoms. The van der Waals surface area contributed by atoms with E-state index >= 15 is 0 Å². The van der Waals surface area contributed by atoms with Gasteiger partial charge in [0.15, 0.2) is 0 Å². The molecular formula is C41H52N8O7. The minimum atomic E-state index is -1.39. The SMILES string of the molecule is Cn1ncc(NC(=O)[C@H](CCCCNC(=O)O)N(C(=O)OC(C)(C)C)C(N)=NC(=O)OC(C)(C)C)c1NC(c1ccccc1)(c1ccccc1)c1ccccc1. The van der Waals surface area contributed by atoms with E-state index in [0.717, 1.165) is 21.6 Å². The minimum Gasteiger partial charge on any atom is -0.465 e. The Morgan fingerprint density at radius 3 is 1.79 bits per heavy atom. The van der Waals surface area contributed by atoms with E-state index in [1.165, 1.54) is 6.20 Å². The number of aryl methyl sites for hydroxylation is 1. The number of unbranched alkanes of at least 4 members (excludes halogenated alkanes) is 1. The number of carbonyl (C=O) groups excluding carboxylic acids is 3. The number of rotatable bonds is 13. The van der Waals surface area contributed by atoms with Gasteiger partial charge >= 0.3 is 18.3 Å². The van der Waals surface area contributed by atoms with Crippen LogP contribution in [0.2, 0.25) is 0 Å². The summed E-state index contributed by atoms with van der Waals surface area (Å²) < 4.78 is 12.6. The van der Waals surface area contributed by atoms with Gasteiger partial charge < -0.3 is 36.3 Å². The summed E-state index contributed by atoms with van der Waals surface area (Å²) in [5, 5.41) is 22.5. The molecule has 1 atom stereocenters. The van der Waals surface area contributed by atoms with Gasteiger partial charge in [-0.25, -0.2) is 19.3 Å². The summed E-state index contributed by atoms with van der Waals surface area (Å²) in [6, 6.07) is 28.2. The van der Waals surface area contributed by atoms with Gasteiger partial charge in [-0.05, 0) is 77.5 Å². The number of amides is 4. The van der Waals surface area contributed by atoms with Crippen LogP contribution in [0.25, 0.3) is 0 Å². The summed E-state index contributed by atoms with van der Waals surface area (Å²) in [6.07, 6.45) is -1.28. The number of nitrogens with zero attached hydrogens (tertiary/aromatic N) is 4. The number of guanidine groups is 1. The molecule has 0 aliphatic heterocycles. The van der Waals surface area contributed by atoms with Crippen molar-refractivity contribution < 1.29 is 33.8 Å². The molecule has 15 nitrogen and oxygen atoms in total. The van der Waals surface area contributed by atoms with E-state index in [4.69, 9.17) is 20.3 Å². The van der Waals surface area contributed by atoms with E-state index < -0.39 is 52.9 Å². The maximum Gasteiger partial charge on any atom is 0.437 e. The van der Waals surface area contributed by atoms with Gasteiger partial charge in [0.25, 0.3) is 0 Å². The van der Waals surface area contributed by atoms with Crippen molar-refractivity contribution in [1.29, 1.82) is 0 Å². The van der Waals surface area contributed by atoms with Crippen LogP contribution in [-0.2, 0) is 26.9 Å². The van der Waals surface area contributed by atoms with Crippen LogP contribution < -0.4 is 21.7 Å². The zero-order valence-corrected chi connectivity index (χ0v) is 32.9. The Morgan fingerprint density at radius 1 is 0.821 bits per heavy atom. The Labute approximate surface area is 327 Å². The normalized spacial score (nSPS) is 12.6. The molecule has 1 aromatic heterocycles. The lowest BCUT2D eigenvalue weighted by Gasteiger charge is -2.38. The molecule has 298 valence electrons. The summed E-state index contributed by atoms with van der Waals surface area (Å²) in [5.74, 6) is -0.901. The van der Waals surface area contributed by atoms with Crippen LogP contribution >= 0.6 is 0 Å². The largest absolute Gasteiger partial charge is 0.465 e. The van der Waals surface area contributed by atoms with Crippen molar-refractivity contribution in [2.45, 2.75) is 83.6 Å². The molecule has 1 heterocycles. The van der Waals surface area contributed by atoms with Gasteiger partial charge in [-0.2, -0.15) is 5.10 Å². The molecule has 0 unspecified atom stereocenters. The average Bonchev–Trinajstić information content (AvgIpc) is 3.46. The van der Waals surface area contributed by atoms with Gasteiger partial charge in [0.05, 0.1) is 6.20 Å². The first-order valence-electron chi connectivity index (χ1n) is 18.2. The molecule has 0 aliphatic rings. The Kier molecular flexibility index (Phi) is 13.8. The van der Waals surface area contributed by atoms with Gasteiger partial charge in [-0.15, -0.1) is 4.99 Å². The highest BCUT2D eigenvalue weighted by Crippen LogP contribution is 2.41. The van der Waals surface area contributed by atoms with Crippen molar-refractivity contribution >= 4 is 41.7 Å². The molecule has 3 aromatic carbocycles. The van der Waals surface area contributed by atoms with Crippen LogP contribution in [0.1, 0.15) is 77.5 Å². The number of ether oxygens (including phenoxy) is 2. The Morgan fingerprint density at radius 2 is 1.32 bits per heavy atom. The average molecular weight is 769 g/mol. The Bertz CT molecular complexity index is 1870. The van der Waals surface area contributed by atoms with Crippen molar-refractivity contribution in [2.75, 3.05) is 17.2 Å². The molecule has 4 rings (SSSR count). The molecule has 0 aliphatic carbocycles. The van der Waals surface area contributed by atoms with E-state index in [-0.39, 0.29) is 25.1 Å². The van der Waals surface area contributed by atoms with Crippen LogP contribution in [0.15, 0.2) is 102 Å². The van der Waals surface area contributed by atoms with Crippen molar-refractivity contribution in [3.05, 3.63) is 114 Å². The number of nitrogens with two attached hydrogens (primary N) is 1. The predicted octanol–water partition coefficient (Wildman–Crippen LogP) is 7.06. The maximum atomic E-state index is 14.6. The number of benzene rings is 3. The second kappa shape index (κ2) is 18.3. The van der Waals surface area contributed by atoms with Crippen molar-refractivity contribution in [2.24, 2.45) is 17.8 Å². The summed E-state index contributed by atoms with van der Waals surface area (Å²) in [4.78, 5) is 57.0. The van der Waals surface area contributed by atoms with Crippen LogP contribution in [0.4, 0.5) is 25.9 Å². The summed E-state index contributed by atoms with van der Waals surface area (Å²) in [5.41, 5.74) is 6.41. The number of hydrogen-bond donors (Lipinski definition) is 5. The highest BCUT2D eigenvalue weighted by atomic mass is 16.6. The topological polar surface area (TPSA) is 202 Å². The quantitative estimate of drug-likeness (QED) is 0.0406. The molecule has 0 saturated carbocycles. The minimum absolute atomic E-state index is 0.0259. The Balaban J connectivity index is 1.82. The first-order chi connectivity index (χ1) is 26.4. The zero-order valence-electron chi connectivity index (χ0n) is 32.9. The molecule has 0 radical (unpaired) electrons. The van der Waals surface area contributed by atoms with Gasteiger partial charge in [-0.1, -0.05) is 91.0 Å². The molecule has 4 aromatic rings. The highest BCUT2D eigenvalue weighted by Gasteiger charge is 2.40. The monoisotopic (exact) mass is 768 g/mol. The second-order valence-corrected chi connectivity index (χ2v) is 15.0. The fraction of sp³-hybridized carbons (Fsp3) is 0.366. The van der Waals surface area contributed by atoms with E-state index in [1.807, 2.05) is 91.0 Å². The molecule has 0 fully saturated rings. The number of nitrogens with one attached hydrogen (secondary N) is 3. The highest BCUT2D eigenvalue weighted by molar-refractivity contribution is 6.05. The predicted molar refractivity (Wildman–Crippen MR) is 214 cm³/mol. The Hall–Kier alpha value is -6.38. The first kappa shape index (κ1) is 42.4. The van der Waals surface area contributed by atoms with Crippen LogP contribution in [0, 0.1) is 0 Å². The number of aromatic nitrogens is 2. The number of aliphatic imine (C=N–C) groups is 1. The summed E-state index contributed by atoms with van der Waals surface area (Å²) in [7, 11) is 1.73. The second-order valence-electron chi connectivity index (χ2n) is 15.0. The van der Waals surface area contributed by atoms with Crippen LogP contribution in [0.3, 0.4) is 0 Å². The van der Waals surface area contributed by atoms with Crippen molar-refractivity contribution in [3.63, 3.8) is 0 Å². The van der Waals surface area contributed by atoms with Gasteiger partial charge in [0.2, 0.25) is 11.9 Å². The fourth-order valence-electron chi connectivity index (χ4n) is 6.01. The van der Waals surface area contributed by atoms with Gasteiger partial charge in [0.1, 0.15) is 34.3 Å². The molecule has 0 spiro atoms. The van der Waals surface area contributed by atoms with Crippen molar-refractivity contribution in [3.8, 4) is 0 Å². The van der Waals surface area contributed by atoms with Crippen molar-refractivity contribution in [1.82, 2.24) is 20.0 Å². The third-order valence-corrected chi connectivity index (χ3v) is 8.35. The number of carbonyl (C=O) groups is 4. The summed E-state index contributed by atoms with van der Waals surface area (Å²) in [6.45, 7) is 9.95. The number of hydrogen-bond acceptors (Lipinski definition) is 8. The molecule has 6 N–H and O–H groups in total. The van der Waals surface area contributed by atoms with E-state index in [2.05, 4.69) is 26.0 Å². The number of anilines is 2. The third-order valence-electron chi connectivity index (χ3n) is 8.35. The standard InChI is InChI=1S/C41H52N8O7/c1-39(2,3)55-37(53)46-35(42)49(38(54)56-40(4,5)6)32(25-17-18-26-43-36(51)52)34(50)45-31-27-44-48(7)33(31)47-41(28-19-11-8-12-20-28,29-21-13-9-14-22-29)30-23-15-10-16-24-30/h8-16,19-24,27,32,43,47H,17-18,25-26H2,1-7H3,(H,45,50)(H,51,52)(H2,42,46,53)/t32-/m0/s1. The van der Waals surface area contributed by atoms with Gasteiger partial charge in [-0.3, -0.25) is 9.48 Å². The molecule has 4 amide bonds. The molecule has 15 heteroatoms. The zero-order chi connectivity index (χ0) is 41.1. The van der Waals surface area contributed by atoms with Crippen LogP contribution in [0.5, 0.6) is 0 Å². The van der Waals surface area contributed by atoms with E-state index in [1.54, 1.807) is 53.3 Å². The van der Waals surface area contributed by atoms with Gasteiger partial charge in [0, 0.05) is 13.6 Å².